The fourth-order valence-corrected chi connectivity index (χ4v) is 2.19. The van der Waals surface area contributed by atoms with Gasteiger partial charge in [0, 0.05) is 35.4 Å². The van der Waals surface area contributed by atoms with E-state index in [0.29, 0.717) is 6.04 Å². The Morgan fingerprint density at radius 2 is 2.22 bits per heavy atom. The lowest BCUT2D eigenvalue weighted by molar-refractivity contribution is 0.582. The summed E-state index contributed by atoms with van der Waals surface area (Å²) in [5.41, 5.74) is 2.38. The number of aromatic nitrogens is 2. The number of halogens is 1. The fourth-order valence-electron chi connectivity index (χ4n) is 1.74. The third kappa shape index (κ3) is 3.96. The molecule has 0 atom stereocenters. The highest BCUT2D eigenvalue weighted by atomic mass is 79.9. The molecule has 0 unspecified atom stereocenters. The van der Waals surface area contributed by atoms with Gasteiger partial charge in [-0.1, -0.05) is 41.9 Å². The summed E-state index contributed by atoms with van der Waals surface area (Å²) < 4.78 is 1.10. The van der Waals surface area contributed by atoms with Crippen LogP contribution in [-0.4, -0.2) is 16.0 Å². The van der Waals surface area contributed by atoms with Gasteiger partial charge in [0.1, 0.15) is 5.82 Å². The molecule has 0 aliphatic heterocycles. The number of hydrogen-bond acceptors (Lipinski definition) is 2. The first kappa shape index (κ1) is 13.3. The van der Waals surface area contributed by atoms with Crippen LogP contribution in [0.4, 0.5) is 0 Å². The molecule has 0 spiro atoms. The smallest absolute Gasteiger partial charge is 0.110 e. The van der Waals surface area contributed by atoms with Gasteiger partial charge in [-0.3, -0.25) is 0 Å². The molecule has 0 amide bonds. The molecular weight excluding hydrogens is 290 g/mol. The van der Waals surface area contributed by atoms with Gasteiger partial charge in [0.2, 0.25) is 0 Å². The van der Waals surface area contributed by atoms with E-state index in [4.69, 9.17) is 0 Å². The van der Waals surface area contributed by atoms with E-state index in [9.17, 15) is 0 Å². The van der Waals surface area contributed by atoms with E-state index < -0.39 is 0 Å². The molecule has 18 heavy (non-hydrogen) atoms. The molecule has 1 aromatic carbocycles. The third-order valence-corrected chi connectivity index (χ3v) is 3.14. The molecule has 1 heterocycles. The molecule has 3 nitrogen and oxygen atoms in total. The summed E-state index contributed by atoms with van der Waals surface area (Å²) in [5, 5.41) is 3.37. The van der Waals surface area contributed by atoms with Crippen LogP contribution in [0.2, 0.25) is 0 Å². The zero-order chi connectivity index (χ0) is 13.0. The predicted molar refractivity (Wildman–Crippen MR) is 77.5 cm³/mol. The number of H-pyrrole nitrogens is 1. The van der Waals surface area contributed by atoms with Crippen molar-refractivity contribution in [1.82, 2.24) is 15.3 Å². The molecule has 4 heteroatoms. The minimum absolute atomic E-state index is 0.488. The molecule has 1 aromatic heterocycles. The first-order valence-electron chi connectivity index (χ1n) is 6.14. The van der Waals surface area contributed by atoms with Crippen molar-refractivity contribution in [3.63, 3.8) is 0 Å². The molecule has 0 saturated carbocycles. The molecule has 2 aromatic rings. The summed E-state index contributed by atoms with van der Waals surface area (Å²) in [5.74, 6) is 1.01. The van der Waals surface area contributed by atoms with Gasteiger partial charge in [-0.05, 0) is 17.7 Å². The molecule has 0 radical (unpaired) electrons. The number of imidazole rings is 1. The largest absolute Gasteiger partial charge is 0.345 e. The van der Waals surface area contributed by atoms with Gasteiger partial charge >= 0.3 is 0 Å². The normalized spacial score (nSPS) is 11.1. The molecule has 0 bridgehead atoms. The molecule has 96 valence electrons. The van der Waals surface area contributed by atoms with Crippen LogP contribution in [0.3, 0.4) is 0 Å². The average Bonchev–Trinajstić information content (AvgIpc) is 2.74. The quantitative estimate of drug-likeness (QED) is 0.890. The zero-order valence-electron chi connectivity index (χ0n) is 10.7. The van der Waals surface area contributed by atoms with Crippen molar-refractivity contribution >= 4 is 15.9 Å². The van der Waals surface area contributed by atoms with E-state index >= 15 is 0 Å². The van der Waals surface area contributed by atoms with Crippen molar-refractivity contribution in [2.24, 2.45) is 0 Å². The van der Waals surface area contributed by atoms with Crippen molar-refractivity contribution in [3.8, 4) is 0 Å². The van der Waals surface area contributed by atoms with Crippen molar-refractivity contribution in [3.05, 3.63) is 52.0 Å². The predicted octanol–water partition coefficient (Wildman–Crippen LogP) is 3.26. The van der Waals surface area contributed by atoms with Gasteiger partial charge in [0.05, 0.1) is 0 Å². The van der Waals surface area contributed by atoms with Crippen LogP contribution in [0, 0.1) is 0 Å². The number of nitrogens with zero attached hydrogens (tertiary/aromatic N) is 1. The Labute approximate surface area is 116 Å². The fraction of sp³-hybridized carbons (Fsp3) is 0.357. The highest BCUT2D eigenvalue weighted by molar-refractivity contribution is 9.10. The maximum Gasteiger partial charge on any atom is 0.110 e. The number of aromatic amines is 1. The van der Waals surface area contributed by atoms with Crippen molar-refractivity contribution in [1.29, 1.82) is 0 Å². The minimum Gasteiger partial charge on any atom is -0.345 e. The molecular formula is C14H18BrN3. The molecule has 0 fully saturated rings. The Hall–Kier alpha value is -1.13. The summed E-state index contributed by atoms with van der Waals surface area (Å²) in [7, 11) is 0. The Kier molecular flexibility index (Phi) is 4.55. The van der Waals surface area contributed by atoms with Crippen LogP contribution >= 0.6 is 15.9 Å². The lowest BCUT2D eigenvalue weighted by atomic mass is 10.1. The summed E-state index contributed by atoms with van der Waals surface area (Å²) in [6.45, 7) is 5.11. The number of benzene rings is 1. The van der Waals surface area contributed by atoms with E-state index in [1.54, 1.807) is 0 Å². The van der Waals surface area contributed by atoms with Crippen molar-refractivity contribution in [2.75, 3.05) is 0 Å². The summed E-state index contributed by atoms with van der Waals surface area (Å²) in [4.78, 5) is 7.76. The van der Waals surface area contributed by atoms with Crippen molar-refractivity contribution < 1.29 is 0 Å². The lowest BCUT2D eigenvalue weighted by Gasteiger charge is -2.05. The van der Waals surface area contributed by atoms with Gasteiger partial charge < -0.3 is 10.3 Å². The Morgan fingerprint density at radius 3 is 2.94 bits per heavy atom. The zero-order valence-corrected chi connectivity index (χ0v) is 12.3. The Bertz CT molecular complexity index is 505. The molecule has 2 rings (SSSR count). The maximum atomic E-state index is 4.41. The van der Waals surface area contributed by atoms with Crippen molar-refractivity contribution in [2.45, 2.75) is 32.9 Å². The van der Waals surface area contributed by atoms with Crippen LogP contribution in [0.5, 0.6) is 0 Å². The molecule has 0 aliphatic carbocycles. The second-order valence-electron chi connectivity index (χ2n) is 4.70. The average molecular weight is 308 g/mol. The van der Waals surface area contributed by atoms with E-state index in [1.807, 2.05) is 18.3 Å². The van der Waals surface area contributed by atoms with Crippen LogP contribution in [0.25, 0.3) is 0 Å². The van der Waals surface area contributed by atoms with Gasteiger partial charge in [-0.2, -0.15) is 0 Å². The van der Waals surface area contributed by atoms with Gasteiger partial charge in [-0.25, -0.2) is 4.98 Å². The lowest BCUT2D eigenvalue weighted by Crippen LogP contribution is -2.21. The summed E-state index contributed by atoms with van der Waals surface area (Å²) in [6.07, 6.45) is 2.74. The second kappa shape index (κ2) is 6.16. The minimum atomic E-state index is 0.488. The first-order chi connectivity index (χ1) is 8.63. The van der Waals surface area contributed by atoms with E-state index in [2.05, 4.69) is 57.2 Å². The van der Waals surface area contributed by atoms with Gasteiger partial charge in [-0.15, -0.1) is 0 Å². The highest BCUT2D eigenvalue weighted by Gasteiger charge is 2.03. The molecule has 2 N–H and O–H groups in total. The van der Waals surface area contributed by atoms with Gasteiger partial charge in [0.15, 0.2) is 0 Å². The van der Waals surface area contributed by atoms with Crippen LogP contribution in [0.1, 0.15) is 30.9 Å². The van der Waals surface area contributed by atoms with Gasteiger partial charge in [0.25, 0.3) is 0 Å². The van der Waals surface area contributed by atoms with E-state index in [1.165, 1.54) is 5.56 Å². The number of hydrogen-bond donors (Lipinski definition) is 2. The second-order valence-corrected chi connectivity index (χ2v) is 5.61. The van der Waals surface area contributed by atoms with E-state index in [-0.39, 0.29) is 0 Å². The SMILES string of the molecule is CC(C)NCc1cnc(Cc2cccc(Br)c2)[nH]1. The van der Waals surface area contributed by atoms with Crippen LogP contribution in [-0.2, 0) is 13.0 Å². The van der Waals surface area contributed by atoms with Crippen LogP contribution < -0.4 is 5.32 Å². The summed E-state index contributed by atoms with van der Waals surface area (Å²) in [6, 6.07) is 8.79. The monoisotopic (exact) mass is 307 g/mol. The topological polar surface area (TPSA) is 40.7 Å². The number of rotatable bonds is 5. The first-order valence-corrected chi connectivity index (χ1v) is 6.93. The van der Waals surface area contributed by atoms with E-state index in [0.717, 1.165) is 29.0 Å². The highest BCUT2D eigenvalue weighted by Crippen LogP contribution is 2.14. The Balaban J connectivity index is 1.98. The molecule has 0 aliphatic rings. The standard InChI is InChI=1S/C14H18BrN3/c1-10(2)16-8-13-9-17-14(18-13)7-11-4-3-5-12(15)6-11/h3-6,9-10,16H,7-8H2,1-2H3,(H,17,18). The maximum absolute atomic E-state index is 4.41. The third-order valence-electron chi connectivity index (χ3n) is 2.64. The Morgan fingerprint density at radius 1 is 1.39 bits per heavy atom. The van der Waals surface area contributed by atoms with Crippen LogP contribution in [0.15, 0.2) is 34.9 Å². The summed E-state index contributed by atoms with van der Waals surface area (Å²) >= 11 is 3.48. The molecule has 0 saturated heterocycles. The number of nitrogens with one attached hydrogen (secondary N) is 2.